The van der Waals surface area contributed by atoms with E-state index in [1.54, 1.807) is 34.1 Å². The van der Waals surface area contributed by atoms with E-state index in [0.717, 1.165) is 0 Å². The molecule has 3 amide bonds. The van der Waals surface area contributed by atoms with Gasteiger partial charge in [0.05, 0.1) is 29.8 Å². The van der Waals surface area contributed by atoms with Crippen molar-refractivity contribution in [3.05, 3.63) is 35.4 Å². The van der Waals surface area contributed by atoms with Gasteiger partial charge in [0.2, 0.25) is 5.91 Å². The maximum atomic E-state index is 13.2. The molecule has 0 radical (unpaired) electrons. The van der Waals surface area contributed by atoms with Gasteiger partial charge in [0.1, 0.15) is 0 Å². The van der Waals surface area contributed by atoms with Crippen molar-refractivity contribution >= 4 is 17.9 Å². The quantitative estimate of drug-likeness (QED) is 0.825. The minimum absolute atomic E-state index is 0.0114. The first-order chi connectivity index (χ1) is 11.7. The van der Waals surface area contributed by atoms with Crippen molar-refractivity contribution in [3.8, 4) is 0 Å². The molecule has 1 aromatic rings. The summed E-state index contributed by atoms with van der Waals surface area (Å²) in [6, 6.07) is 6.40. The molecule has 3 fully saturated rings. The summed E-state index contributed by atoms with van der Waals surface area (Å²) in [5.74, 6) is -0.906. The van der Waals surface area contributed by atoms with Crippen molar-refractivity contribution in [1.29, 1.82) is 0 Å². The molecule has 4 rings (SSSR count). The Balaban J connectivity index is 1.74. The second kappa shape index (κ2) is 4.74. The molecule has 1 unspecified atom stereocenters. The van der Waals surface area contributed by atoms with Gasteiger partial charge in [-0.3, -0.25) is 14.5 Å². The summed E-state index contributed by atoms with van der Waals surface area (Å²) in [4.78, 5) is 40.5. The summed E-state index contributed by atoms with van der Waals surface area (Å²) < 4.78 is 5.14. The van der Waals surface area contributed by atoms with Crippen molar-refractivity contribution in [2.24, 2.45) is 11.1 Å². The maximum Gasteiger partial charge on any atom is 0.412 e. The highest BCUT2D eigenvalue weighted by molar-refractivity contribution is 6.08. The number of ether oxygens (including phenoxy) is 1. The van der Waals surface area contributed by atoms with Crippen molar-refractivity contribution in [1.82, 2.24) is 9.80 Å². The fraction of sp³-hybridized carbons (Fsp3) is 0.500. The van der Waals surface area contributed by atoms with E-state index in [1.165, 1.54) is 0 Å². The molecule has 0 aliphatic carbocycles. The number of carbonyl (C=O) groups is 3. The number of benzene rings is 1. The molecule has 0 bridgehead atoms. The van der Waals surface area contributed by atoms with Crippen molar-refractivity contribution < 1.29 is 19.1 Å². The lowest BCUT2D eigenvalue weighted by molar-refractivity contribution is 0.0829. The first kappa shape index (κ1) is 15.9. The molecule has 7 nitrogen and oxygen atoms in total. The van der Waals surface area contributed by atoms with Crippen LogP contribution in [0.1, 0.15) is 47.9 Å². The van der Waals surface area contributed by atoms with Crippen molar-refractivity contribution in [2.45, 2.75) is 44.9 Å². The zero-order valence-electron chi connectivity index (χ0n) is 14.5. The molecule has 2 N–H and O–H groups in total. The third-order valence-electron chi connectivity index (χ3n) is 5.37. The normalized spacial score (nSPS) is 30.0. The number of hydrogen-bond donors (Lipinski definition) is 1. The molecular formula is C18H21N3O4. The summed E-state index contributed by atoms with van der Waals surface area (Å²) in [5, 5.41) is 0. The van der Waals surface area contributed by atoms with Crippen LogP contribution >= 0.6 is 0 Å². The Morgan fingerprint density at radius 1 is 1.24 bits per heavy atom. The predicted molar refractivity (Wildman–Crippen MR) is 88.7 cm³/mol. The zero-order valence-corrected chi connectivity index (χ0v) is 14.5. The largest absolute Gasteiger partial charge is 0.449 e. The summed E-state index contributed by atoms with van der Waals surface area (Å²) in [6.45, 7) is 6.51. The smallest absolute Gasteiger partial charge is 0.412 e. The molecule has 1 aromatic carbocycles. The van der Waals surface area contributed by atoms with E-state index in [0.29, 0.717) is 13.0 Å². The minimum Gasteiger partial charge on any atom is -0.449 e. The van der Waals surface area contributed by atoms with Gasteiger partial charge in [-0.2, -0.15) is 0 Å². The number of nitrogens with two attached hydrogens (primary N) is 1. The number of nitrogens with zero attached hydrogens (tertiary/aromatic N) is 2. The van der Waals surface area contributed by atoms with Gasteiger partial charge in [-0.25, -0.2) is 4.79 Å². The Labute approximate surface area is 145 Å². The third kappa shape index (κ3) is 1.95. The lowest BCUT2D eigenvalue weighted by atomic mass is 9.88. The molecule has 0 aromatic heterocycles. The molecule has 3 saturated heterocycles. The van der Waals surface area contributed by atoms with Gasteiger partial charge in [0.25, 0.3) is 5.91 Å². The van der Waals surface area contributed by atoms with Gasteiger partial charge in [-0.05, 0) is 17.5 Å². The first-order valence-electron chi connectivity index (χ1n) is 8.41. The van der Waals surface area contributed by atoms with Crippen molar-refractivity contribution in [3.63, 3.8) is 0 Å². The van der Waals surface area contributed by atoms with Crippen molar-refractivity contribution in [2.75, 3.05) is 6.61 Å². The highest BCUT2D eigenvalue weighted by Gasteiger charge is 2.89. The van der Waals surface area contributed by atoms with E-state index in [1.807, 2.05) is 20.8 Å². The molecule has 3 heterocycles. The van der Waals surface area contributed by atoms with E-state index in [4.69, 9.17) is 10.5 Å². The molecule has 132 valence electrons. The van der Waals surface area contributed by atoms with Gasteiger partial charge < -0.3 is 15.4 Å². The second-order valence-electron chi connectivity index (χ2n) is 7.93. The average molecular weight is 343 g/mol. The van der Waals surface area contributed by atoms with E-state index in [2.05, 4.69) is 0 Å². The van der Waals surface area contributed by atoms with E-state index >= 15 is 0 Å². The molecule has 0 saturated carbocycles. The highest BCUT2D eigenvalue weighted by Crippen LogP contribution is 2.67. The number of amides is 3. The van der Waals surface area contributed by atoms with Crippen LogP contribution in [0.15, 0.2) is 24.3 Å². The van der Waals surface area contributed by atoms with Gasteiger partial charge in [-0.1, -0.05) is 32.9 Å². The lowest BCUT2D eigenvalue weighted by Crippen LogP contribution is -2.25. The van der Waals surface area contributed by atoms with E-state index < -0.39 is 11.6 Å². The number of hydrogen-bond acceptors (Lipinski definition) is 4. The number of carbonyl (C=O) groups excluding carboxylic acids is 3. The van der Waals surface area contributed by atoms with Crippen LogP contribution in [0.5, 0.6) is 0 Å². The van der Waals surface area contributed by atoms with Crippen LogP contribution in [0.4, 0.5) is 4.79 Å². The fourth-order valence-corrected chi connectivity index (χ4v) is 4.50. The SMILES string of the molecule is CC(C)(C)C1N(C(=O)c2ccccc2C(N)=O)[C@@]12[C@@H]1CCOC(=O)N12. The Morgan fingerprint density at radius 3 is 2.44 bits per heavy atom. The van der Waals surface area contributed by atoms with E-state index in [-0.39, 0.29) is 40.6 Å². The van der Waals surface area contributed by atoms with Crippen LogP contribution in [-0.2, 0) is 4.74 Å². The van der Waals surface area contributed by atoms with Gasteiger partial charge >= 0.3 is 6.09 Å². The second-order valence-corrected chi connectivity index (χ2v) is 7.93. The van der Waals surface area contributed by atoms with Crippen LogP contribution in [0.3, 0.4) is 0 Å². The van der Waals surface area contributed by atoms with Crippen LogP contribution in [0.2, 0.25) is 0 Å². The Bertz CT molecular complexity index is 800. The topological polar surface area (TPSA) is 92.5 Å². The molecule has 3 atom stereocenters. The van der Waals surface area contributed by atoms with Crippen LogP contribution < -0.4 is 5.73 Å². The van der Waals surface area contributed by atoms with Crippen LogP contribution in [0, 0.1) is 5.41 Å². The number of cyclic esters (lactones) is 1. The Morgan fingerprint density at radius 2 is 1.88 bits per heavy atom. The first-order valence-corrected chi connectivity index (χ1v) is 8.41. The predicted octanol–water partition coefficient (Wildman–Crippen LogP) is 1.58. The van der Waals surface area contributed by atoms with E-state index in [9.17, 15) is 14.4 Å². The standard InChI is InChI=1S/C18H21N3O4/c1-17(2,3)15-18(12-8-9-25-16(24)20(12)18)21(15)14(23)11-7-5-4-6-10(11)13(19)22/h4-7,12,15H,8-9H2,1-3H3,(H2,19,22)/t12-,15?,18-,20?,21?/m0/s1. The van der Waals surface area contributed by atoms with Gasteiger partial charge in [-0.15, -0.1) is 0 Å². The molecule has 7 heteroatoms. The monoisotopic (exact) mass is 343 g/mol. The molecule has 3 aliphatic rings. The number of fused-ring (bicyclic) bond motifs is 3. The Kier molecular flexibility index (Phi) is 3.02. The Hall–Kier alpha value is -2.57. The molecule has 25 heavy (non-hydrogen) atoms. The fourth-order valence-electron chi connectivity index (χ4n) is 4.50. The molecule has 1 spiro atoms. The highest BCUT2D eigenvalue weighted by atomic mass is 16.6. The molecule has 3 aliphatic heterocycles. The van der Waals surface area contributed by atoms with Crippen LogP contribution in [-0.4, -0.2) is 52.1 Å². The maximum absolute atomic E-state index is 13.2. The number of primary amides is 1. The summed E-state index contributed by atoms with van der Waals surface area (Å²) in [6.07, 6.45) is 0.337. The molecular weight excluding hydrogens is 322 g/mol. The van der Waals surface area contributed by atoms with Gasteiger partial charge in [0.15, 0.2) is 5.66 Å². The lowest BCUT2D eigenvalue weighted by Gasteiger charge is -2.17. The zero-order chi connectivity index (χ0) is 18.1. The minimum atomic E-state index is -0.639. The summed E-state index contributed by atoms with van der Waals surface area (Å²) in [7, 11) is 0. The summed E-state index contributed by atoms with van der Waals surface area (Å²) in [5.41, 5.74) is 5.07. The third-order valence-corrected chi connectivity index (χ3v) is 5.37. The summed E-state index contributed by atoms with van der Waals surface area (Å²) >= 11 is 0. The van der Waals surface area contributed by atoms with Gasteiger partial charge in [0, 0.05) is 6.42 Å². The number of rotatable bonds is 2. The van der Waals surface area contributed by atoms with Crippen LogP contribution in [0.25, 0.3) is 0 Å². The average Bonchev–Trinajstić information content (AvgIpc) is 3.42.